The third-order valence-corrected chi connectivity index (χ3v) is 5.78. The van der Waals surface area contributed by atoms with Crippen LogP contribution in [0.4, 0.5) is 0 Å². The maximum absolute atomic E-state index is 5.55. The van der Waals surface area contributed by atoms with Crippen LogP contribution < -0.4 is 0 Å². The van der Waals surface area contributed by atoms with E-state index < -0.39 is 0 Å². The minimum atomic E-state index is 1.00. The van der Waals surface area contributed by atoms with Gasteiger partial charge in [0.05, 0.1) is 26.3 Å². The first kappa shape index (κ1) is 12.9. The van der Waals surface area contributed by atoms with Crippen molar-refractivity contribution in [3.05, 3.63) is 0 Å². The Bertz CT molecular complexity index is 254. The van der Waals surface area contributed by atoms with Gasteiger partial charge in [-0.3, -0.25) is 0 Å². The average molecular weight is 254 g/mol. The summed E-state index contributed by atoms with van der Waals surface area (Å²) in [6.07, 6.45) is 7.39. The van der Waals surface area contributed by atoms with Crippen molar-refractivity contribution in [2.75, 3.05) is 65.6 Å². The lowest BCUT2D eigenvalue weighted by atomic mass is 10.0. The van der Waals surface area contributed by atoms with Gasteiger partial charge in [0.2, 0.25) is 0 Å². The van der Waals surface area contributed by atoms with Crippen LogP contribution in [0.2, 0.25) is 0 Å². The Kier molecular flexibility index (Phi) is 3.92. The lowest BCUT2D eigenvalue weighted by molar-refractivity contribution is -1.03. The lowest BCUT2D eigenvalue weighted by Crippen LogP contribution is -2.69. The third-order valence-electron chi connectivity index (χ3n) is 5.78. The molecule has 0 aromatic heterocycles. The molecule has 0 aromatic rings. The van der Waals surface area contributed by atoms with Crippen LogP contribution in [-0.4, -0.2) is 74.5 Å². The molecule has 3 heteroatoms. The SMILES string of the molecule is C1CCC[N+]2(CCC1)CC[N+]1(CCOCC1)CC2. The predicted molar refractivity (Wildman–Crippen MR) is 73.4 cm³/mol. The molecule has 0 N–H and O–H groups in total. The molecule has 0 aliphatic carbocycles. The van der Waals surface area contributed by atoms with Crippen molar-refractivity contribution in [1.82, 2.24) is 0 Å². The summed E-state index contributed by atoms with van der Waals surface area (Å²) in [7, 11) is 0. The number of morpholine rings is 1. The summed E-state index contributed by atoms with van der Waals surface area (Å²) in [5.74, 6) is 0. The van der Waals surface area contributed by atoms with Crippen LogP contribution in [0.15, 0.2) is 0 Å². The topological polar surface area (TPSA) is 9.23 Å². The van der Waals surface area contributed by atoms with Crippen molar-refractivity contribution in [3.63, 3.8) is 0 Å². The largest absolute Gasteiger partial charge is 0.370 e. The Balaban J connectivity index is 1.60. The normalized spacial score (nSPS) is 32.0. The monoisotopic (exact) mass is 254 g/mol. The number of quaternary nitrogens is 2. The average Bonchev–Trinajstić information content (AvgIpc) is 2.39. The molecule has 18 heavy (non-hydrogen) atoms. The van der Waals surface area contributed by atoms with Crippen LogP contribution in [0.5, 0.6) is 0 Å². The second-order valence-corrected chi connectivity index (χ2v) is 6.85. The van der Waals surface area contributed by atoms with Gasteiger partial charge in [-0.15, -0.1) is 0 Å². The highest BCUT2D eigenvalue weighted by atomic mass is 16.5. The lowest BCUT2D eigenvalue weighted by Gasteiger charge is -2.51. The van der Waals surface area contributed by atoms with E-state index in [0.717, 1.165) is 13.2 Å². The van der Waals surface area contributed by atoms with Gasteiger partial charge in [0.1, 0.15) is 39.3 Å². The molecular weight excluding hydrogens is 224 g/mol. The van der Waals surface area contributed by atoms with Crippen LogP contribution in [0, 0.1) is 0 Å². The van der Waals surface area contributed by atoms with Gasteiger partial charge < -0.3 is 13.7 Å². The van der Waals surface area contributed by atoms with Crippen LogP contribution in [0.1, 0.15) is 32.1 Å². The first-order valence-electron chi connectivity index (χ1n) is 8.11. The number of hydrogen-bond donors (Lipinski definition) is 0. The second-order valence-electron chi connectivity index (χ2n) is 6.85. The molecule has 3 fully saturated rings. The van der Waals surface area contributed by atoms with E-state index in [-0.39, 0.29) is 0 Å². The van der Waals surface area contributed by atoms with E-state index in [1.807, 2.05) is 0 Å². The van der Waals surface area contributed by atoms with Gasteiger partial charge in [-0.25, -0.2) is 0 Å². The molecule has 3 heterocycles. The molecule has 0 bridgehead atoms. The molecule has 2 spiro atoms. The van der Waals surface area contributed by atoms with Gasteiger partial charge in [-0.2, -0.15) is 0 Å². The molecule has 0 atom stereocenters. The van der Waals surface area contributed by atoms with Crippen LogP contribution in [0.25, 0.3) is 0 Å². The van der Waals surface area contributed by atoms with Crippen LogP contribution in [0.3, 0.4) is 0 Å². The molecular formula is C15H30N2O+2. The van der Waals surface area contributed by atoms with Crippen molar-refractivity contribution in [2.24, 2.45) is 0 Å². The Morgan fingerprint density at radius 3 is 1.44 bits per heavy atom. The predicted octanol–water partition coefficient (Wildman–Crippen LogP) is 1.63. The standard InChI is InChI=1S/C15H30N2O/c1-2-4-6-16(7-5-3-1)8-10-17(11-9-16)12-14-18-15-13-17/h1-15H2/q+2. The second kappa shape index (κ2) is 5.48. The highest BCUT2D eigenvalue weighted by molar-refractivity contribution is 4.61. The van der Waals surface area contributed by atoms with E-state index >= 15 is 0 Å². The van der Waals surface area contributed by atoms with E-state index in [9.17, 15) is 0 Å². The molecule has 0 aromatic carbocycles. The number of hydrogen-bond acceptors (Lipinski definition) is 1. The Morgan fingerprint density at radius 1 is 0.444 bits per heavy atom. The summed E-state index contributed by atoms with van der Waals surface area (Å²) < 4.78 is 8.38. The zero-order chi connectivity index (χ0) is 12.3. The fourth-order valence-corrected chi connectivity index (χ4v) is 4.23. The van der Waals surface area contributed by atoms with Crippen LogP contribution >= 0.6 is 0 Å². The van der Waals surface area contributed by atoms with Crippen molar-refractivity contribution in [2.45, 2.75) is 32.1 Å². The zero-order valence-electron chi connectivity index (χ0n) is 11.9. The Labute approximate surface area is 112 Å². The fraction of sp³-hybridized carbons (Fsp3) is 1.00. The molecule has 3 saturated heterocycles. The third kappa shape index (κ3) is 2.73. The molecule has 0 saturated carbocycles. The fourth-order valence-electron chi connectivity index (χ4n) is 4.23. The van der Waals surface area contributed by atoms with Gasteiger partial charge in [0, 0.05) is 0 Å². The van der Waals surface area contributed by atoms with E-state index in [0.29, 0.717) is 0 Å². The molecule has 0 radical (unpaired) electrons. The summed E-state index contributed by atoms with van der Waals surface area (Å²) in [5, 5.41) is 0. The van der Waals surface area contributed by atoms with Crippen molar-refractivity contribution in [3.8, 4) is 0 Å². The summed E-state index contributed by atoms with van der Waals surface area (Å²) in [6.45, 7) is 13.2. The molecule has 3 aliphatic rings. The summed E-state index contributed by atoms with van der Waals surface area (Å²) in [5.41, 5.74) is 0. The summed E-state index contributed by atoms with van der Waals surface area (Å²) >= 11 is 0. The van der Waals surface area contributed by atoms with E-state index in [2.05, 4.69) is 0 Å². The molecule has 0 amide bonds. The van der Waals surface area contributed by atoms with Crippen LogP contribution in [-0.2, 0) is 4.74 Å². The number of nitrogens with zero attached hydrogens (tertiary/aromatic N) is 2. The molecule has 3 aliphatic heterocycles. The number of rotatable bonds is 0. The summed E-state index contributed by atoms with van der Waals surface area (Å²) in [6, 6.07) is 0. The minimum absolute atomic E-state index is 1.00. The Morgan fingerprint density at radius 2 is 0.889 bits per heavy atom. The highest BCUT2D eigenvalue weighted by Gasteiger charge is 2.42. The first-order chi connectivity index (χ1) is 8.83. The molecule has 104 valence electrons. The number of piperazine rings is 1. The maximum Gasteiger partial charge on any atom is 0.129 e. The van der Waals surface area contributed by atoms with E-state index in [1.54, 1.807) is 0 Å². The number of ether oxygens (including phenoxy) is 1. The summed E-state index contributed by atoms with van der Waals surface area (Å²) in [4.78, 5) is 0. The quantitative estimate of drug-likeness (QED) is 0.597. The van der Waals surface area contributed by atoms with Crippen molar-refractivity contribution < 1.29 is 13.7 Å². The minimum Gasteiger partial charge on any atom is -0.370 e. The smallest absolute Gasteiger partial charge is 0.129 e. The van der Waals surface area contributed by atoms with Crippen molar-refractivity contribution >= 4 is 0 Å². The van der Waals surface area contributed by atoms with E-state index in [4.69, 9.17) is 4.74 Å². The van der Waals surface area contributed by atoms with Gasteiger partial charge in [0.15, 0.2) is 0 Å². The maximum atomic E-state index is 5.55. The highest BCUT2D eigenvalue weighted by Crippen LogP contribution is 2.25. The van der Waals surface area contributed by atoms with Gasteiger partial charge in [-0.1, -0.05) is 6.42 Å². The van der Waals surface area contributed by atoms with Gasteiger partial charge in [0.25, 0.3) is 0 Å². The first-order valence-corrected chi connectivity index (χ1v) is 8.11. The van der Waals surface area contributed by atoms with E-state index in [1.165, 1.54) is 93.4 Å². The van der Waals surface area contributed by atoms with Crippen molar-refractivity contribution in [1.29, 1.82) is 0 Å². The molecule has 3 nitrogen and oxygen atoms in total. The van der Waals surface area contributed by atoms with Gasteiger partial charge in [-0.05, 0) is 25.7 Å². The molecule has 0 unspecified atom stereocenters. The molecule has 3 rings (SSSR count). The zero-order valence-corrected chi connectivity index (χ0v) is 11.9. The Hall–Kier alpha value is -0.120. The van der Waals surface area contributed by atoms with Gasteiger partial charge >= 0.3 is 0 Å².